The van der Waals surface area contributed by atoms with Crippen molar-refractivity contribution in [2.24, 2.45) is 11.1 Å². The van der Waals surface area contributed by atoms with Crippen LogP contribution in [-0.4, -0.2) is 12.1 Å². The fourth-order valence-corrected chi connectivity index (χ4v) is 2.24. The first-order valence-electron chi connectivity index (χ1n) is 5.59. The summed E-state index contributed by atoms with van der Waals surface area (Å²) in [5.41, 5.74) is 7.10. The van der Waals surface area contributed by atoms with Crippen molar-refractivity contribution in [3.63, 3.8) is 0 Å². The van der Waals surface area contributed by atoms with Gasteiger partial charge in [-0.1, -0.05) is 25.4 Å². The Morgan fingerprint density at radius 3 is 2.62 bits per heavy atom. The molecule has 2 atom stereocenters. The van der Waals surface area contributed by atoms with Gasteiger partial charge in [-0.2, -0.15) is 0 Å². The molecular formula is C13H18ClNO. The van der Waals surface area contributed by atoms with Gasteiger partial charge < -0.3 is 10.5 Å². The maximum Gasteiger partial charge on any atom is 0.122 e. The molecule has 2 rings (SSSR count). The zero-order valence-corrected chi connectivity index (χ0v) is 10.7. The van der Waals surface area contributed by atoms with E-state index in [1.807, 2.05) is 25.1 Å². The number of nitrogens with two attached hydrogens (primary N) is 1. The first-order chi connectivity index (χ1) is 7.41. The van der Waals surface area contributed by atoms with Gasteiger partial charge in [0.25, 0.3) is 0 Å². The lowest BCUT2D eigenvalue weighted by Gasteiger charge is -2.49. The molecule has 0 aliphatic heterocycles. The Morgan fingerprint density at radius 1 is 1.44 bits per heavy atom. The summed E-state index contributed by atoms with van der Waals surface area (Å²) in [6, 6.07) is 5.94. The van der Waals surface area contributed by atoms with Crippen LogP contribution in [0, 0.1) is 12.3 Å². The normalized spacial score (nSPS) is 27.3. The van der Waals surface area contributed by atoms with Crippen molar-refractivity contribution in [1.29, 1.82) is 0 Å². The van der Waals surface area contributed by atoms with Gasteiger partial charge in [-0.15, -0.1) is 0 Å². The van der Waals surface area contributed by atoms with Gasteiger partial charge in [0.1, 0.15) is 11.9 Å². The van der Waals surface area contributed by atoms with Crippen LogP contribution in [0.3, 0.4) is 0 Å². The van der Waals surface area contributed by atoms with E-state index in [4.69, 9.17) is 22.1 Å². The number of hydrogen-bond acceptors (Lipinski definition) is 2. The van der Waals surface area contributed by atoms with Crippen LogP contribution >= 0.6 is 11.6 Å². The number of benzene rings is 1. The van der Waals surface area contributed by atoms with Gasteiger partial charge in [0.05, 0.1) is 0 Å². The second-order valence-corrected chi connectivity index (χ2v) is 5.62. The standard InChI is InChI=1S/C13H18ClNO/c1-8-6-9(14)4-5-10(8)16-12-7-11(15)13(12,2)3/h4-6,11-12H,7,15H2,1-3H3. The lowest BCUT2D eigenvalue weighted by atomic mass is 9.65. The summed E-state index contributed by atoms with van der Waals surface area (Å²) in [7, 11) is 0. The highest BCUT2D eigenvalue weighted by Crippen LogP contribution is 2.42. The average molecular weight is 240 g/mol. The van der Waals surface area contributed by atoms with Gasteiger partial charge in [0.15, 0.2) is 0 Å². The SMILES string of the molecule is Cc1cc(Cl)ccc1OC1CC(N)C1(C)C. The Morgan fingerprint density at radius 2 is 2.12 bits per heavy atom. The molecule has 1 saturated carbocycles. The molecule has 0 saturated heterocycles. The molecule has 1 aromatic carbocycles. The molecule has 1 aliphatic carbocycles. The van der Waals surface area contributed by atoms with Gasteiger partial charge in [0.2, 0.25) is 0 Å². The molecule has 0 aromatic heterocycles. The first-order valence-corrected chi connectivity index (χ1v) is 5.97. The first kappa shape index (κ1) is 11.7. The van der Waals surface area contributed by atoms with Crippen LogP contribution in [0.25, 0.3) is 0 Å². The summed E-state index contributed by atoms with van der Waals surface area (Å²) in [6.45, 7) is 6.31. The zero-order valence-electron chi connectivity index (χ0n) is 9.96. The van der Waals surface area contributed by atoms with Crippen LogP contribution in [0.1, 0.15) is 25.8 Å². The highest BCUT2D eigenvalue weighted by atomic mass is 35.5. The van der Waals surface area contributed by atoms with Crippen LogP contribution in [0.5, 0.6) is 5.75 Å². The van der Waals surface area contributed by atoms with Crippen LogP contribution in [0.2, 0.25) is 5.02 Å². The molecule has 3 heteroatoms. The van der Waals surface area contributed by atoms with Crippen LogP contribution in [-0.2, 0) is 0 Å². The second-order valence-electron chi connectivity index (χ2n) is 5.18. The monoisotopic (exact) mass is 239 g/mol. The third-order valence-electron chi connectivity index (χ3n) is 3.66. The number of ether oxygens (including phenoxy) is 1. The van der Waals surface area contributed by atoms with Gasteiger partial charge in [-0.05, 0) is 30.7 Å². The minimum atomic E-state index is 0.0616. The summed E-state index contributed by atoms with van der Waals surface area (Å²) < 4.78 is 5.98. The zero-order chi connectivity index (χ0) is 11.9. The molecule has 2 N–H and O–H groups in total. The number of halogens is 1. The molecule has 1 aliphatic rings. The van der Waals surface area contributed by atoms with Crippen molar-refractivity contribution in [1.82, 2.24) is 0 Å². The maximum absolute atomic E-state index is 5.98. The fourth-order valence-electron chi connectivity index (χ4n) is 2.01. The number of aryl methyl sites for hydroxylation is 1. The van der Waals surface area contributed by atoms with E-state index in [9.17, 15) is 0 Å². The predicted octanol–water partition coefficient (Wildman–Crippen LogP) is 3.15. The third-order valence-corrected chi connectivity index (χ3v) is 3.89. The highest BCUT2D eigenvalue weighted by Gasteiger charge is 2.47. The van der Waals surface area contributed by atoms with Crippen molar-refractivity contribution < 1.29 is 4.74 Å². The van der Waals surface area contributed by atoms with Gasteiger partial charge in [-0.3, -0.25) is 0 Å². The molecular weight excluding hydrogens is 222 g/mol. The molecule has 0 amide bonds. The maximum atomic E-state index is 5.98. The Labute approximate surface area is 102 Å². The second kappa shape index (κ2) is 3.94. The lowest BCUT2D eigenvalue weighted by Crippen LogP contribution is -2.60. The average Bonchev–Trinajstić information content (AvgIpc) is 2.21. The topological polar surface area (TPSA) is 35.2 Å². The molecule has 1 aromatic rings. The minimum absolute atomic E-state index is 0.0616. The Bertz CT molecular complexity index is 403. The Kier molecular flexibility index (Phi) is 2.89. The van der Waals surface area contributed by atoms with E-state index in [1.54, 1.807) is 0 Å². The third kappa shape index (κ3) is 1.92. The van der Waals surface area contributed by atoms with Crippen molar-refractivity contribution >= 4 is 11.6 Å². The van der Waals surface area contributed by atoms with E-state index >= 15 is 0 Å². The highest BCUT2D eigenvalue weighted by molar-refractivity contribution is 6.30. The number of hydrogen-bond donors (Lipinski definition) is 1. The van der Waals surface area contributed by atoms with Gasteiger partial charge >= 0.3 is 0 Å². The molecule has 2 unspecified atom stereocenters. The molecule has 0 radical (unpaired) electrons. The lowest BCUT2D eigenvalue weighted by molar-refractivity contribution is -0.0403. The van der Waals surface area contributed by atoms with E-state index in [1.165, 1.54) is 0 Å². The summed E-state index contributed by atoms with van der Waals surface area (Å²) in [4.78, 5) is 0. The van der Waals surface area contributed by atoms with E-state index < -0.39 is 0 Å². The van der Waals surface area contributed by atoms with Crippen LogP contribution < -0.4 is 10.5 Å². The summed E-state index contributed by atoms with van der Waals surface area (Å²) in [5.74, 6) is 0.911. The number of rotatable bonds is 2. The fraction of sp³-hybridized carbons (Fsp3) is 0.538. The molecule has 0 heterocycles. The molecule has 88 valence electrons. The van der Waals surface area contributed by atoms with Crippen molar-refractivity contribution in [2.75, 3.05) is 0 Å². The summed E-state index contributed by atoms with van der Waals surface area (Å²) >= 11 is 5.91. The molecule has 16 heavy (non-hydrogen) atoms. The van der Waals surface area contributed by atoms with Gasteiger partial charge in [0, 0.05) is 22.9 Å². The smallest absolute Gasteiger partial charge is 0.122 e. The molecule has 0 bridgehead atoms. The molecule has 2 nitrogen and oxygen atoms in total. The van der Waals surface area contributed by atoms with E-state index in [0.29, 0.717) is 0 Å². The quantitative estimate of drug-likeness (QED) is 0.861. The van der Waals surface area contributed by atoms with Crippen molar-refractivity contribution in [3.8, 4) is 5.75 Å². The van der Waals surface area contributed by atoms with E-state index in [0.717, 1.165) is 22.8 Å². The van der Waals surface area contributed by atoms with Crippen molar-refractivity contribution in [3.05, 3.63) is 28.8 Å². The van der Waals surface area contributed by atoms with Crippen molar-refractivity contribution in [2.45, 2.75) is 39.3 Å². The molecule has 1 fully saturated rings. The predicted molar refractivity (Wildman–Crippen MR) is 67.0 cm³/mol. The van der Waals surface area contributed by atoms with E-state index in [2.05, 4.69) is 13.8 Å². The largest absolute Gasteiger partial charge is 0.489 e. The minimum Gasteiger partial charge on any atom is -0.489 e. The van der Waals surface area contributed by atoms with Gasteiger partial charge in [-0.25, -0.2) is 0 Å². The van der Waals surface area contributed by atoms with Crippen LogP contribution in [0.15, 0.2) is 18.2 Å². The van der Waals surface area contributed by atoms with E-state index in [-0.39, 0.29) is 17.6 Å². The molecule has 0 spiro atoms. The summed E-state index contributed by atoms with van der Waals surface area (Å²) in [6.07, 6.45) is 1.14. The Balaban J connectivity index is 2.11. The van der Waals surface area contributed by atoms with Crippen LogP contribution in [0.4, 0.5) is 0 Å². The Hall–Kier alpha value is -0.730. The summed E-state index contributed by atoms with van der Waals surface area (Å²) in [5, 5.41) is 0.745.